The molecule has 1 aliphatic heterocycles. The molecule has 84 valence electrons. The van der Waals surface area contributed by atoms with Crippen LogP contribution in [0.5, 0.6) is 0 Å². The highest BCUT2D eigenvalue weighted by Crippen LogP contribution is 2.35. The molecule has 0 spiro atoms. The van der Waals surface area contributed by atoms with Crippen molar-refractivity contribution >= 4 is 11.8 Å². The van der Waals surface area contributed by atoms with Gasteiger partial charge in [0.2, 0.25) is 11.8 Å². The van der Waals surface area contributed by atoms with E-state index < -0.39 is 0 Å². The Kier molecular flexibility index (Phi) is 3.05. The van der Waals surface area contributed by atoms with Crippen LogP contribution in [0.1, 0.15) is 32.1 Å². The van der Waals surface area contributed by atoms with E-state index in [2.05, 4.69) is 5.32 Å². The van der Waals surface area contributed by atoms with Crippen LogP contribution in [0.2, 0.25) is 0 Å². The lowest BCUT2D eigenvalue weighted by Gasteiger charge is -2.33. The van der Waals surface area contributed by atoms with E-state index in [-0.39, 0.29) is 29.8 Å². The summed E-state index contributed by atoms with van der Waals surface area (Å²) in [5, 5.41) is 2.38. The summed E-state index contributed by atoms with van der Waals surface area (Å²) in [7, 11) is 1.69. The number of carbonyl (C=O) groups excluding carboxylic acids is 2. The smallest absolute Gasteiger partial charge is 0.230 e. The largest absolute Gasteiger partial charge is 0.381 e. The van der Waals surface area contributed by atoms with Crippen LogP contribution in [0.4, 0.5) is 0 Å². The summed E-state index contributed by atoms with van der Waals surface area (Å²) in [6, 6.07) is 0. The van der Waals surface area contributed by atoms with Crippen LogP contribution in [0.3, 0.4) is 0 Å². The minimum atomic E-state index is -0.150. The molecule has 4 heteroatoms. The van der Waals surface area contributed by atoms with Crippen LogP contribution in [-0.4, -0.2) is 25.0 Å². The SMILES string of the molecule is COC1CCCCC1C1CC(=O)NC1=O. The van der Waals surface area contributed by atoms with Gasteiger partial charge in [0.25, 0.3) is 0 Å². The maximum absolute atomic E-state index is 11.6. The van der Waals surface area contributed by atoms with E-state index in [4.69, 9.17) is 4.74 Å². The molecule has 0 radical (unpaired) electrons. The number of nitrogens with one attached hydrogen (secondary N) is 1. The van der Waals surface area contributed by atoms with Gasteiger partial charge in [-0.1, -0.05) is 12.8 Å². The predicted molar refractivity (Wildman–Crippen MR) is 54.0 cm³/mol. The van der Waals surface area contributed by atoms with Crippen molar-refractivity contribution in [3.8, 4) is 0 Å². The van der Waals surface area contributed by atoms with Gasteiger partial charge in [-0.3, -0.25) is 14.9 Å². The minimum absolute atomic E-state index is 0.103. The third-order valence-electron chi connectivity index (χ3n) is 3.58. The topological polar surface area (TPSA) is 55.4 Å². The highest BCUT2D eigenvalue weighted by Gasteiger charge is 2.41. The normalized spacial score (nSPS) is 36.7. The maximum Gasteiger partial charge on any atom is 0.230 e. The van der Waals surface area contributed by atoms with Crippen molar-refractivity contribution in [3.63, 3.8) is 0 Å². The second-order valence-electron chi connectivity index (χ2n) is 4.45. The van der Waals surface area contributed by atoms with Gasteiger partial charge in [0.15, 0.2) is 0 Å². The predicted octanol–water partition coefficient (Wildman–Crippen LogP) is 0.854. The van der Waals surface area contributed by atoms with Crippen molar-refractivity contribution in [2.24, 2.45) is 11.8 Å². The molecule has 4 nitrogen and oxygen atoms in total. The molecule has 0 aromatic rings. The van der Waals surface area contributed by atoms with E-state index in [9.17, 15) is 9.59 Å². The summed E-state index contributed by atoms with van der Waals surface area (Å²) in [6.07, 6.45) is 4.83. The molecule has 0 bridgehead atoms. The Bertz CT molecular complexity index is 277. The van der Waals surface area contributed by atoms with Gasteiger partial charge in [-0.2, -0.15) is 0 Å². The van der Waals surface area contributed by atoms with E-state index in [1.165, 1.54) is 0 Å². The Morgan fingerprint density at radius 1 is 1.27 bits per heavy atom. The monoisotopic (exact) mass is 211 g/mol. The summed E-state index contributed by atoms with van der Waals surface area (Å²) >= 11 is 0. The van der Waals surface area contributed by atoms with Gasteiger partial charge in [0.1, 0.15) is 0 Å². The Hall–Kier alpha value is -0.900. The molecule has 0 aromatic heterocycles. The average Bonchev–Trinajstić information content (AvgIpc) is 2.57. The fourth-order valence-electron chi connectivity index (χ4n) is 2.80. The van der Waals surface area contributed by atoms with E-state index in [0.717, 1.165) is 25.7 Å². The number of imide groups is 1. The number of hydrogen-bond acceptors (Lipinski definition) is 3. The zero-order valence-corrected chi connectivity index (χ0v) is 8.99. The number of amides is 2. The molecule has 0 aromatic carbocycles. The molecule has 15 heavy (non-hydrogen) atoms. The lowest BCUT2D eigenvalue weighted by Crippen LogP contribution is -2.36. The van der Waals surface area contributed by atoms with E-state index in [0.29, 0.717) is 6.42 Å². The first kappa shape index (κ1) is 10.6. The third-order valence-corrected chi connectivity index (χ3v) is 3.58. The molecule has 1 aliphatic carbocycles. The van der Waals surface area contributed by atoms with Crippen LogP contribution in [0, 0.1) is 11.8 Å². The van der Waals surface area contributed by atoms with Crippen molar-refractivity contribution in [3.05, 3.63) is 0 Å². The molecule has 1 N–H and O–H groups in total. The second kappa shape index (κ2) is 4.31. The summed E-state index contributed by atoms with van der Waals surface area (Å²) in [5.74, 6) is -0.155. The highest BCUT2D eigenvalue weighted by atomic mass is 16.5. The fourth-order valence-corrected chi connectivity index (χ4v) is 2.80. The van der Waals surface area contributed by atoms with E-state index in [1.807, 2.05) is 0 Å². The fraction of sp³-hybridized carbons (Fsp3) is 0.818. The third kappa shape index (κ3) is 2.04. The number of carbonyl (C=O) groups is 2. The van der Waals surface area contributed by atoms with Crippen molar-refractivity contribution in [2.45, 2.75) is 38.2 Å². The molecule has 2 amide bonds. The maximum atomic E-state index is 11.6. The molecule has 1 saturated heterocycles. The number of hydrogen-bond donors (Lipinski definition) is 1. The van der Waals surface area contributed by atoms with Crippen molar-refractivity contribution in [1.82, 2.24) is 5.32 Å². The summed E-state index contributed by atoms with van der Waals surface area (Å²) in [5.41, 5.74) is 0. The van der Waals surface area contributed by atoms with Crippen molar-refractivity contribution in [2.75, 3.05) is 7.11 Å². The van der Waals surface area contributed by atoms with E-state index >= 15 is 0 Å². The lowest BCUT2D eigenvalue weighted by atomic mass is 9.77. The quantitative estimate of drug-likeness (QED) is 0.689. The zero-order chi connectivity index (χ0) is 10.8. The zero-order valence-electron chi connectivity index (χ0n) is 8.99. The second-order valence-corrected chi connectivity index (χ2v) is 4.45. The molecule has 2 fully saturated rings. The standard InChI is InChI=1S/C11H17NO3/c1-15-9-5-3-2-4-7(9)8-6-10(13)12-11(8)14/h7-9H,2-6H2,1H3,(H,12,13,14). The molecular weight excluding hydrogens is 194 g/mol. The Morgan fingerprint density at radius 3 is 2.60 bits per heavy atom. The van der Waals surface area contributed by atoms with Gasteiger partial charge in [0.05, 0.1) is 12.0 Å². The molecule has 3 atom stereocenters. The lowest BCUT2D eigenvalue weighted by molar-refractivity contribution is -0.128. The van der Waals surface area contributed by atoms with Crippen molar-refractivity contribution < 1.29 is 14.3 Å². The van der Waals surface area contributed by atoms with Crippen LogP contribution in [0.25, 0.3) is 0 Å². The van der Waals surface area contributed by atoms with Gasteiger partial charge in [-0.05, 0) is 18.8 Å². The summed E-state index contributed by atoms with van der Waals surface area (Å²) in [4.78, 5) is 22.7. The van der Waals surface area contributed by atoms with Crippen molar-refractivity contribution in [1.29, 1.82) is 0 Å². The molecule has 1 saturated carbocycles. The Morgan fingerprint density at radius 2 is 2.00 bits per heavy atom. The van der Waals surface area contributed by atoms with Crippen LogP contribution < -0.4 is 5.32 Å². The van der Waals surface area contributed by atoms with Gasteiger partial charge >= 0.3 is 0 Å². The highest BCUT2D eigenvalue weighted by molar-refractivity contribution is 6.03. The summed E-state index contributed by atoms with van der Waals surface area (Å²) < 4.78 is 5.41. The summed E-state index contributed by atoms with van der Waals surface area (Å²) in [6.45, 7) is 0. The Labute approximate surface area is 89.4 Å². The molecule has 2 aliphatic rings. The number of methoxy groups -OCH3 is 1. The molecular formula is C11H17NO3. The van der Waals surface area contributed by atoms with Crippen LogP contribution in [-0.2, 0) is 14.3 Å². The number of ether oxygens (including phenoxy) is 1. The first-order valence-corrected chi connectivity index (χ1v) is 5.59. The van der Waals surface area contributed by atoms with Crippen LogP contribution in [0.15, 0.2) is 0 Å². The first-order valence-electron chi connectivity index (χ1n) is 5.59. The van der Waals surface area contributed by atoms with Crippen LogP contribution >= 0.6 is 0 Å². The Balaban J connectivity index is 2.07. The first-order chi connectivity index (χ1) is 7.22. The minimum Gasteiger partial charge on any atom is -0.381 e. The molecule has 3 unspecified atom stereocenters. The molecule has 1 heterocycles. The average molecular weight is 211 g/mol. The van der Waals surface area contributed by atoms with Gasteiger partial charge < -0.3 is 4.74 Å². The number of rotatable bonds is 2. The van der Waals surface area contributed by atoms with Gasteiger partial charge in [-0.25, -0.2) is 0 Å². The molecule has 2 rings (SSSR count). The van der Waals surface area contributed by atoms with Gasteiger partial charge in [0, 0.05) is 13.5 Å². The van der Waals surface area contributed by atoms with Gasteiger partial charge in [-0.15, -0.1) is 0 Å². The van der Waals surface area contributed by atoms with E-state index in [1.54, 1.807) is 7.11 Å².